The average Bonchev–Trinajstić information content (AvgIpc) is 3.19. The van der Waals surface area contributed by atoms with Crippen molar-refractivity contribution in [2.24, 2.45) is 0 Å². The molecule has 3 heterocycles. The van der Waals surface area contributed by atoms with Gasteiger partial charge in [-0.2, -0.15) is 10.2 Å². The molecule has 0 spiro atoms. The number of aromatic amines is 2. The second-order valence-corrected chi connectivity index (χ2v) is 3.73. The van der Waals surface area contributed by atoms with Crippen LogP contribution in [-0.2, 0) is 0 Å². The number of carbonyl (C=O) groups excluding carboxylic acids is 2. The molecule has 0 amide bonds. The zero-order chi connectivity index (χ0) is 14.1. The third-order valence-electron chi connectivity index (χ3n) is 2.53. The van der Waals surface area contributed by atoms with E-state index in [4.69, 9.17) is 0 Å². The van der Waals surface area contributed by atoms with Gasteiger partial charge >= 0.3 is 5.69 Å². The number of hydrogen-bond acceptors (Lipinski definition) is 7. The van der Waals surface area contributed by atoms with Gasteiger partial charge in [-0.15, -0.1) is 0 Å². The summed E-state index contributed by atoms with van der Waals surface area (Å²) in [6.07, 6.45) is 2.70. The van der Waals surface area contributed by atoms with Crippen LogP contribution in [-0.4, -0.2) is 37.1 Å². The summed E-state index contributed by atoms with van der Waals surface area (Å²) in [6.45, 7) is 0. The van der Waals surface area contributed by atoms with E-state index in [2.05, 4.69) is 30.2 Å². The Kier molecular flexibility index (Phi) is 2.60. The van der Waals surface area contributed by atoms with E-state index in [1.54, 1.807) is 0 Å². The monoisotopic (exact) mass is 274 g/mol. The van der Waals surface area contributed by atoms with E-state index in [9.17, 15) is 14.8 Å². The van der Waals surface area contributed by atoms with E-state index in [1.807, 2.05) is 0 Å². The molecular weight excluding hydrogens is 268 g/mol. The minimum Gasteiger partial charge on any atom is -0.359 e. The normalized spacial score (nSPS) is 10.6. The minimum atomic E-state index is -0.749. The van der Waals surface area contributed by atoms with Gasteiger partial charge < -0.3 is 5.21 Å². The van der Waals surface area contributed by atoms with Gasteiger partial charge in [0.25, 0.3) is 17.3 Å². The topological polar surface area (TPSA) is 144 Å². The Labute approximate surface area is 109 Å². The molecule has 2 N–H and O–H groups in total. The van der Waals surface area contributed by atoms with Crippen LogP contribution in [0.15, 0.2) is 29.2 Å². The van der Waals surface area contributed by atoms with Gasteiger partial charge in [-0.25, -0.2) is 0 Å². The molecule has 0 aliphatic rings. The molecule has 0 bridgehead atoms. The van der Waals surface area contributed by atoms with Gasteiger partial charge in [0, 0.05) is 12.4 Å². The molecule has 3 rings (SSSR count). The lowest BCUT2D eigenvalue weighted by molar-refractivity contribution is -0.803. The van der Waals surface area contributed by atoms with Crippen LogP contribution in [0, 0.1) is 5.21 Å². The molecule has 3 aromatic heterocycles. The van der Waals surface area contributed by atoms with Crippen LogP contribution in [0.5, 0.6) is 0 Å². The van der Waals surface area contributed by atoms with E-state index in [0.717, 1.165) is 0 Å². The zero-order valence-corrected chi connectivity index (χ0v) is 9.73. The number of rotatable bonds is 4. The predicted octanol–water partition coefficient (Wildman–Crippen LogP) is -0.784. The molecule has 0 atom stereocenters. The fraction of sp³-hybridized carbons (Fsp3) is 0. The van der Waals surface area contributed by atoms with Crippen molar-refractivity contribution in [1.29, 1.82) is 0 Å². The summed E-state index contributed by atoms with van der Waals surface area (Å²) >= 11 is 0. The van der Waals surface area contributed by atoms with Crippen molar-refractivity contribution in [3.63, 3.8) is 0 Å². The number of H-pyrrole nitrogens is 2. The zero-order valence-electron chi connectivity index (χ0n) is 9.73. The maximum atomic E-state index is 12.1. The molecule has 0 saturated carbocycles. The van der Waals surface area contributed by atoms with Crippen LogP contribution in [0.1, 0.15) is 32.4 Å². The van der Waals surface area contributed by atoms with Crippen molar-refractivity contribution < 1.29 is 19.1 Å². The smallest absolute Gasteiger partial charge is 0.301 e. The molecule has 0 saturated heterocycles. The van der Waals surface area contributed by atoms with Crippen LogP contribution in [0.4, 0.5) is 0 Å². The number of ketones is 2. The van der Waals surface area contributed by atoms with Gasteiger partial charge in [-0.1, -0.05) is 0 Å². The Bertz CT molecular complexity index is 758. The highest BCUT2D eigenvalue weighted by atomic mass is 16.8. The van der Waals surface area contributed by atoms with Crippen LogP contribution in [0.2, 0.25) is 0 Å². The first-order valence-corrected chi connectivity index (χ1v) is 5.36. The largest absolute Gasteiger partial charge is 0.359 e. The van der Waals surface area contributed by atoms with Crippen molar-refractivity contribution in [1.82, 2.24) is 25.6 Å². The Balaban J connectivity index is 2.06. The highest BCUT2D eigenvalue weighted by Gasteiger charge is 2.34. The first-order chi connectivity index (χ1) is 9.68. The molecule has 0 aliphatic heterocycles. The van der Waals surface area contributed by atoms with Crippen molar-refractivity contribution >= 4 is 11.6 Å². The maximum Gasteiger partial charge on any atom is 0.301 e. The lowest BCUT2D eigenvalue weighted by atomic mass is 10.1. The SMILES string of the molecule is O=C(c1ccn[nH]1)c1no[n+]([O-])c1C(=O)c1ccn[nH]1. The fourth-order valence-electron chi connectivity index (χ4n) is 1.61. The summed E-state index contributed by atoms with van der Waals surface area (Å²) in [5, 5.41) is 26.9. The minimum absolute atomic E-state index is 0.0384. The van der Waals surface area contributed by atoms with E-state index in [-0.39, 0.29) is 16.3 Å². The average molecular weight is 274 g/mol. The molecule has 10 nitrogen and oxygen atoms in total. The Morgan fingerprint density at radius 1 is 1.10 bits per heavy atom. The summed E-state index contributed by atoms with van der Waals surface area (Å²) in [7, 11) is 0. The number of nitrogens with zero attached hydrogens (tertiary/aromatic N) is 4. The van der Waals surface area contributed by atoms with E-state index in [0.29, 0.717) is 0 Å². The summed E-state index contributed by atoms with van der Waals surface area (Å²) in [4.78, 5) is 24.1. The van der Waals surface area contributed by atoms with Gasteiger partial charge in [-0.05, 0) is 17.0 Å². The van der Waals surface area contributed by atoms with Crippen molar-refractivity contribution in [2.45, 2.75) is 0 Å². The van der Waals surface area contributed by atoms with Crippen LogP contribution in [0.25, 0.3) is 0 Å². The van der Waals surface area contributed by atoms with Crippen molar-refractivity contribution in [3.8, 4) is 0 Å². The number of carbonyl (C=O) groups is 2. The molecular formula is C10H6N6O4. The molecule has 3 aromatic rings. The van der Waals surface area contributed by atoms with Crippen LogP contribution < -0.4 is 4.90 Å². The highest BCUT2D eigenvalue weighted by molar-refractivity contribution is 6.15. The Hall–Kier alpha value is -3.30. The third kappa shape index (κ3) is 1.75. The molecule has 0 aromatic carbocycles. The fourth-order valence-corrected chi connectivity index (χ4v) is 1.61. The highest BCUT2D eigenvalue weighted by Crippen LogP contribution is 2.11. The Morgan fingerprint density at radius 3 is 2.25 bits per heavy atom. The van der Waals surface area contributed by atoms with Gasteiger partial charge in [0.05, 0.1) is 5.16 Å². The summed E-state index contributed by atoms with van der Waals surface area (Å²) in [6, 6.07) is 2.75. The standard InChI is InChI=1S/C10H6N6O4/c17-9(5-1-3-11-13-5)7-8(16(19)20-15-7)10(18)6-2-4-12-14-6/h1-4H,(H,11,13)(H,12,14). The van der Waals surface area contributed by atoms with Gasteiger partial charge in [0.15, 0.2) is 0 Å². The van der Waals surface area contributed by atoms with Crippen molar-refractivity contribution in [3.05, 3.63) is 52.5 Å². The summed E-state index contributed by atoms with van der Waals surface area (Å²) in [5.41, 5.74) is -0.799. The molecule has 0 fully saturated rings. The molecule has 0 unspecified atom stereocenters. The first kappa shape index (κ1) is 11.8. The molecule has 0 aliphatic carbocycles. The van der Waals surface area contributed by atoms with Gasteiger partial charge in [-0.3, -0.25) is 24.4 Å². The summed E-state index contributed by atoms with van der Waals surface area (Å²) in [5.74, 6) is -1.43. The maximum absolute atomic E-state index is 12.1. The molecule has 0 radical (unpaired) electrons. The molecule has 20 heavy (non-hydrogen) atoms. The number of nitrogens with one attached hydrogen (secondary N) is 2. The van der Waals surface area contributed by atoms with Crippen molar-refractivity contribution in [2.75, 3.05) is 0 Å². The molecule has 100 valence electrons. The van der Waals surface area contributed by atoms with Gasteiger partial charge in [0.2, 0.25) is 0 Å². The Morgan fingerprint density at radius 2 is 1.70 bits per heavy atom. The second-order valence-electron chi connectivity index (χ2n) is 3.73. The van der Waals surface area contributed by atoms with Gasteiger partial charge in [0.1, 0.15) is 11.4 Å². The number of aromatic nitrogens is 6. The quantitative estimate of drug-likeness (QED) is 0.468. The third-order valence-corrected chi connectivity index (χ3v) is 2.53. The predicted molar refractivity (Wildman–Crippen MR) is 59.5 cm³/mol. The molecule has 10 heteroatoms. The van der Waals surface area contributed by atoms with Crippen LogP contribution in [0.3, 0.4) is 0 Å². The van der Waals surface area contributed by atoms with E-state index < -0.39 is 23.0 Å². The second kappa shape index (κ2) is 4.42. The van der Waals surface area contributed by atoms with E-state index >= 15 is 0 Å². The lowest BCUT2D eigenvalue weighted by Crippen LogP contribution is -2.33. The van der Waals surface area contributed by atoms with E-state index in [1.165, 1.54) is 24.5 Å². The lowest BCUT2D eigenvalue weighted by Gasteiger charge is -1.95. The first-order valence-electron chi connectivity index (χ1n) is 5.36. The summed E-state index contributed by atoms with van der Waals surface area (Å²) < 4.78 is 4.33. The number of hydrogen-bond donors (Lipinski definition) is 2. The van der Waals surface area contributed by atoms with Crippen LogP contribution >= 0.6 is 0 Å².